The lowest BCUT2D eigenvalue weighted by Gasteiger charge is -2.33. The molecule has 0 saturated carbocycles. The summed E-state index contributed by atoms with van der Waals surface area (Å²) in [6.45, 7) is 3.66. The predicted molar refractivity (Wildman–Crippen MR) is 90.2 cm³/mol. The fourth-order valence-corrected chi connectivity index (χ4v) is 2.75. The lowest BCUT2D eigenvalue weighted by Crippen LogP contribution is -2.53. The fourth-order valence-electron chi connectivity index (χ4n) is 2.75. The third kappa shape index (κ3) is 2.88. The van der Waals surface area contributed by atoms with Crippen molar-refractivity contribution in [1.82, 2.24) is 25.5 Å². The van der Waals surface area contributed by atoms with Crippen molar-refractivity contribution in [2.75, 3.05) is 6.54 Å². The molecule has 0 fully saturated rings. The summed E-state index contributed by atoms with van der Waals surface area (Å²) in [5, 5.41) is 14.7. The first-order valence-corrected chi connectivity index (χ1v) is 7.91. The summed E-state index contributed by atoms with van der Waals surface area (Å²) < 4.78 is 5.48. The summed E-state index contributed by atoms with van der Waals surface area (Å²) in [6.07, 6.45) is 4.40. The Balaban J connectivity index is 2.17. The second-order valence-electron chi connectivity index (χ2n) is 5.50. The third-order valence-electron chi connectivity index (χ3n) is 3.89. The SMILES string of the molecule is CCNC(=O)N1C(=O)NC(C)=C(C#N)C1c1ncoc1-c1cccnc1. The van der Waals surface area contributed by atoms with E-state index in [1.807, 2.05) is 0 Å². The van der Waals surface area contributed by atoms with E-state index in [0.717, 1.165) is 4.90 Å². The van der Waals surface area contributed by atoms with Crippen molar-refractivity contribution in [1.29, 1.82) is 5.26 Å². The van der Waals surface area contributed by atoms with Crippen LogP contribution in [0.15, 0.2) is 46.6 Å². The zero-order chi connectivity index (χ0) is 18.7. The summed E-state index contributed by atoms with van der Waals surface area (Å²) in [6, 6.07) is 3.28. The first-order valence-electron chi connectivity index (χ1n) is 7.91. The van der Waals surface area contributed by atoms with Crippen molar-refractivity contribution in [2.45, 2.75) is 19.9 Å². The highest BCUT2D eigenvalue weighted by Gasteiger charge is 2.41. The molecule has 3 heterocycles. The molecule has 4 amide bonds. The molecule has 2 aromatic heterocycles. The molecule has 0 bridgehead atoms. The van der Waals surface area contributed by atoms with Crippen molar-refractivity contribution < 1.29 is 14.0 Å². The maximum Gasteiger partial charge on any atom is 0.330 e. The van der Waals surface area contributed by atoms with E-state index >= 15 is 0 Å². The number of oxazole rings is 1. The zero-order valence-corrected chi connectivity index (χ0v) is 14.2. The second kappa shape index (κ2) is 7.06. The van der Waals surface area contributed by atoms with Crippen LogP contribution in [-0.2, 0) is 0 Å². The Hall–Kier alpha value is -3.67. The molecule has 2 aromatic rings. The number of hydrogen-bond acceptors (Lipinski definition) is 6. The van der Waals surface area contributed by atoms with Gasteiger partial charge in [0, 0.05) is 30.2 Å². The normalized spacial score (nSPS) is 16.9. The van der Waals surface area contributed by atoms with Gasteiger partial charge in [-0.3, -0.25) is 4.98 Å². The minimum absolute atomic E-state index is 0.204. The number of rotatable bonds is 3. The van der Waals surface area contributed by atoms with E-state index in [1.54, 1.807) is 38.4 Å². The predicted octanol–water partition coefficient (Wildman–Crippen LogP) is 2.33. The lowest BCUT2D eigenvalue weighted by atomic mass is 9.97. The van der Waals surface area contributed by atoms with E-state index in [-0.39, 0.29) is 11.3 Å². The highest BCUT2D eigenvalue weighted by molar-refractivity contribution is 5.96. The Morgan fingerprint density at radius 2 is 2.35 bits per heavy atom. The van der Waals surface area contributed by atoms with Gasteiger partial charge in [0.15, 0.2) is 12.2 Å². The Morgan fingerprint density at radius 1 is 1.54 bits per heavy atom. The summed E-state index contributed by atoms with van der Waals surface area (Å²) in [5.41, 5.74) is 1.48. The Labute approximate surface area is 149 Å². The summed E-state index contributed by atoms with van der Waals surface area (Å²) in [5.74, 6) is 0.340. The maximum atomic E-state index is 12.5. The van der Waals surface area contributed by atoms with Gasteiger partial charge in [0.2, 0.25) is 0 Å². The van der Waals surface area contributed by atoms with E-state index in [1.165, 1.54) is 6.39 Å². The van der Waals surface area contributed by atoms with Crippen molar-refractivity contribution in [3.8, 4) is 17.4 Å². The Bertz CT molecular complexity index is 912. The van der Waals surface area contributed by atoms with E-state index in [4.69, 9.17) is 4.42 Å². The lowest BCUT2D eigenvalue weighted by molar-refractivity contribution is 0.173. The molecule has 1 aliphatic rings. The second-order valence-corrected chi connectivity index (χ2v) is 5.50. The number of nitrogens with zero attached hydrogens (tertiary/aromatic N) is 4. The molecule has 0 saturated heterocycles. The highest BCUT2D eigenvalue weighted by atomic mass is 16.3. The van der Waals surface area contributed by atoms with Gasteiger partial charge in [-0.05, 0) is 26.0 Å². The van der Waals surface area contributed by atoms with Crippen LogP contribution in [0.5, 0.6) is 0 Å². The number of nitrogens with one attached hydrogen (secondary N) is 2. The van der Waals surface area contributed by atoms with Crippen LogP contribution in [0.3, 0.4) is 0 Å². The first-order chi connectivity index (χ1) is 12.6. The van der Waals surface area contributed by atoms with Gasteiger partial charge >= 0.3 is 12.1 Å². The first kappa shape index (κ1) is 17.2. The van der Waals surface area contributed by atoms with Gasteiger partial charge < -0.3 is 15.1 Å². The standard InChI is InChI=1S/C17H16N6O3/c1-3-20-16(24)23-14(12(7-18)10(2)22-17(23)25)13-15(26-9-21-13)11-5-4-6-19-8-11/h4-6,8-9,14H,3H2,1-2H3,(H,20,24)(H,22,25). The van der Waals surface area contributed by atoms with Crippen LogP contribution < -0.4 is 10.6 Å². The molecular weight excluding hydrogens is 336 g/mol. The van der Waals surface area contributed by atoms with Gasteiger partial charge in [-0.15, -0.1) is 0 Å². The molecule has 0 radical (unpaired) electrons. The van der Waals surface area contributed by atoms with Crippen molar-refractivity contribution in [2.24, 2.45) is 0 Å². The number of carbonyl (C=O) groups excluding carboxylic acids is 2. The van der Waals surface area contributed by atoms with E-state index < -0.39 is 18.1 Å². The molecule has 0 aliphatic carbocycles. The third-order valence-corrected chi connectivity index (χ3v) is 3.89. The fraction of sp³-hybridized carbons (Fsp3) is 0.235. The van der Waals surface area contributed by atoms with Gasteiger partial charge in [0.05, 0.1) is 11.6 Å². The van der Waals surface area contributed by atoms with Crippen LogP contribution in [0, 0.1) is 11.3 Å². The molecule has 132 valence electrons. The van der Waals surface area contributed by atoms with Crippen LogP contribution in [0.4, 0.5) is 9.59 Å². The number of imide groups is 1. The highest BCUT2D eigenvalue weighted by Crippen LogP contribution is 2.37. The van der Waals surface area contributed by atoms with Crippen LogP contribution in [0.25, 0.3) is 11.3 Å². The van der Waals surface area contributed by atoms with Gasteiger partial charge in [-0.1, -0.05) is 0 Å². The Morgan fingerprint density at radius 3 is 3.00 bits per heavy atom. The van der Waals surface area contributed by atoms with Gasteiger partial charge in [-0.2, -0.15) is 5.26 Å². The topological polar surface area (TPSA) is 124 Å². The van der Waals surface area contributed by atoms with Crippen LogP contribution in [0.2, 0.25) is 0 Å². The molecule has 3 rings (SSSR count). The smallest absolute Gasteiger partial charge is 0.330 e. The zero-order valence-electron chi connectivity index (χ0n) is 14.2. The summed E-state index contributed by atoms with van der Waals surface area (Å²) in [4.78, 5) is 34.1. The van der Waals surface area contributed by atoms with Crippen LogP contribution in [0.1, 0.15) is 25.6 Å². The minimum Gasteiger partial charge on any atom is -0.443 e. The molecule has 0 aromatic carbocycles. The van der Waals surface area contributed by atoms with Gasteiger partial charge in [-0.25, -0.2) is 19.5 Å². The average molecular weight is 352 g/mol. The molecule has 26 heavy (non-hydrogen) atoms. The molecule has 2 N–H and O–H groups in total. The van der Waals surface area contributed by atoms with E-state index in [9.17, 15) is 14.9 Å². The summed E-state index contributed by atoms with van der Waals surface area (Å²) >= 11 is 0. The minimum atomic E-state index is -1.01. The molecule has 9 nitrogen and oxygen atoms in total. The van der Waals surface area contributed by atoms with Gasteiger partial charge in [0.1, 0.15) is 11.7 Å². The molecule has 1 unspecified atom stereocenters. The number of hydrogen-bond donors (Lipinski definition) is 2. The van der Waals surface area contributed by atoms with Crippen molar-refractivity contribution >= 4 is 12.1 Å². The van der Waals surface area contributed by atoms with Crippen LogP contribution >= 0.6 is 0 Å². The molecule has 9 heteroatoms. The molecule has 1 atom stereocenters. The number of nitriles is 1. The largest absolute Gasteiger partial charge is 0.443 e. The summed E-state index contributed by atoms with van der Waals surface area (Å²) in [7, 11) is 0. The molecular formula is C17H16N6O3. The van der Waals surface area contributed by atoms with E-state index in [0.29, 0.717) is 23.6 Å². The number of aromatic nitrogens is 2. The monoisotopic (exact) mass is 352 g/mol. The number of carbonyl (C=O) groups is 2. The quantitative estimate of drug-likeness (QED) is 0.873. The van der Waals surface area contributed by atoms with Gasteiger partial charge in [0.25, 0.3) is 0 Å². The van der Waals surface area contributed by atoms with Crippen molar-refractivity contribution in [3.63, 3.8) is 0 Å². The Kier molecular flexibility index (Phi) is 4.66. The molecule has 0 spiro atoms. The van der Waals surface area contributed by atoms with Crippen LogP contribution in [-0.4, -0.2) is 33.5 Å². The van der Waals surface area contributed by atoms with Crippen molar-refractivity contribution in [3.05, 3.63) is 47.9 Å². The molecule has 1 aliphatic heterocycles. The average Bonchev–Trinajstić information content (AvgIpc) is 3.11. The number of urea groups is 2. The maximum absolute atomic E-state index is 12.5. The number of allylic oxidation sites excluding steroid dienone is 1. The number of amides is 4. The van der Waals surface area contributed by atoms with E-state index in [2.05, 4.69) is 26.7 Å². The number of pyridine rings is 1.